The minimum Gasteiger partial charge on any atom is -0.311 e. The molecular weight excluding hydrogens is 280 g/mol. The summed E-state index contributed by atoms with van der Waals surface area (Å²) in [5.74, 6) is -0.0378. The van der Waals surface area contributed by atoms with E-state index in [1.165, 1.54) is 15.3 Å². The summed E-state index contributed by atoms with van der Waals surface area (Å²) in [6.45, 7) is 1.03. The second-order valence-corrected chi connectivity index (χ2v) is 7.08. The van der Waals surface area contributed by atoms with Crippen LogP contribution in [0.4, 0.5) is 0 Å². The second kappa shape index (κ2) is 6.29. The molecule has 0 aliphatic heterocycles. The molecule has 0 bridgehead atoms. The van der Waals surface area contributed by atoms with Crippen LogP contribution >= 0.6 is 11.3 Å². The molecule has 1 aromatic carbocycles. The van der Waals surface area contributed by atoms with Crippen molar-refractivity contribution in [1.29, 1.82) is 0 Å². The molecule has 1 aromatic heterocycles. The summed E-state index contributed by atoms with van der Waals surface area (Å²) in [7, 11) is -3.38. The molecule has 0 radical (unpaired) electrons. The van der Waals surface area contributed by atoms with Crippen LogP contribution in [0.5, 0.6) is 0 Å². The number of benzene rings is 1. The highest BCUT2D eigenvalue weighted by Gasteiger charge is 2.04. The van der Waals surface area contributed by atoms with Gasteiger partial charge in [0, 0.05) is 22.8 Å². The van der Waals surface area contributed by atoms with E-state index in [0.717, 1.165) is 0 Å². The Bertz CT molecular complexity index is 621. The number of primary sulfonamides is 1. The van der Waals surface area contributed by atoms with Gasteiger partial charge in [-0.3, -0.25) is 0 Å². The van der Waals surface area contributed by atoms with Crippen LogP contribution in [0.3, 0.4) is 0 Å². The van der Waals surface area contributed by atoms with E-state index in [9.17, 15) is 8.42 Å². The number of hydrogen-bond donors (Lipinski definition) is 2. The largest absolute Gasteiger partial charge is 0.311 e. The molecule has 19 heavy (non-hydrogen) atoms. The summed E-state index contributed by atoms with van der Waals surface area (Å²) in [6, 6.07) is 14.3. The molecule has 0 aliphatic carbocycles. The quantitative estimate of drug-likeness (QED) is 0.798. The molecule has 4 nitrogen and oxygen atoms in total. The Kier molecular flexibility index (Phi) is 4.71. The molecule has 2 aromatic rings. The highest BCUT2D eigenvalue weighted by molar-refractivity contribution is 7.89. The van der Waals surface area contributed by atoms with Crippen molar-refractivity contribution in [2.24, 2.45) is 5.14 Å². The number of thiophene rings is 1. The minimum atomic E-state index is -3.38. The van der Waals surface area contributed by atoms with Crippen molar-refractivity contribution in [2.45, 2.75) is 6.54 Å². The van der Waals surface area contributed by atoms with E-state index < -0.39 is 10.0 Å². The molecule has 1 heterocycles. The molecule has 0 aliphatic rings. The average molecular weight is 296 g/mol. The van der Waals surface area contributed by atoms with Gasteiger partial charge in [-0.05, 0) is 17.7 Å². The molecule has 0 unspecified atom stereocenters. The summed E-state index contributed by atoms with van der Waals surface area (Å²) >= 11 is 1.70. The second-order valence-electron chi connectivity index (χ2n) is 4.18. The highest BCUT2D eigenvalue weighted by atomic mass is 32.2. The molecule has 0 spiro atoms. The van der Waals surface area contributed by atoms with Gasteiger partial charge in [-0.2, -0.15) is 0 Å². The number of rotatable bonds is 6. The zero-order valence-electron chi connectivity index (χ0n) is 10.4. The van der Waals surface area contributed by atoms with E-state index in [-0.39, 0.29) is 5.75 Å². The molecule has 0 saturated heterocycles. The van der Waals surface area contributed by atoms with E-state index in [1.807, 2.05) is 18.2 Å². The summed E-state index contributed by atoms with van der Waals surface area (Å²) in [5.41, 5.74) is 1.20. The first-order chi connectivity index (χ1) is 9.04. The molecule has 3 N–H and O–H groups in total. The Balaban J connectivity index is 1.88. The van der Waals surface area contributed by atoms with E-state index in [4.69, 9.17) is 5.14 Å². The van der Waals surface area contributed by atoms with Gasteiger partial charge in [0.05, 0.1) is 5.75 Å². The Morgan fingerprint density at radius 3 is 2.53 bits per heavy atom. The Morgan fingerprint density at radius 1 is 1.11 bits per heavy atom. The third-order valence-electron chi connectivity index (χ3n) is 2.58. The van der Waals surface area contributed by atoms with Crippen molar-refractivity contribution in [1.82, 2.24) is 5.32 Å². The molecule has 2 rings (SSSR count). The smallest absolute Gasteiger partial charge is 0.210 e. The normalized spacial score (nSPS) is 11.6. The third-order valence-corrected chi connectivity index (χ3v) is 4.49. The van der Waals surface area contributed by atoms with Crippen LogP contribution in [0.25, 0.3) is 10.4 Å². The minimum absolute atomic E-state index is 0.0378. The van der Waals surface area contributed by atoms with Gasteiger partial charge in [-0.25, -0.2) is 13.6 Å². The van der Waals surface area contributed by atoms with Crippen molar-refractivity contribution < 1.29 is 8.42 Å². The van der Waals surface area contributed by atoms with Crippen molar-refractivity contribution >= 4 is 21.4 Å². The fourth-order valence-corrected chi connectivity index (χ4v) is 3.07. The van der Waals surface area contributed by atoms with Crippen LogP contribution in [0.15, 0.2) is 42.5 Å². The SMILES string of the molecule is NS(=O)(=O)CCNCc1ccc(-c2ccccc2)s1. The predicted octanol–water partition coefficient (Wildman–Crippen LogP) is 1.79. The lowest BCUT2D eigenvalue weighted by molar-refractivity contribution is 0.592. The molecular formula is C13H16N2O2S2. The van der Waals surface area contributed by atoms with Gasteiger partial charge >= 0.3 is 0 Å². The zero-order valence-corrected chi connectivity index (χ0v) is 12.0. The number of sulfonamides is 1. The standard InChI is InChI=1S/C13H16N2O2S2/c14-19(16,17)9-8-15-10-12-6-7-13(18-12)11-4-2-1-3-5-11/h1-7,15H,8-10H2,(H2,14,16,17). The van der Waals surface area contributed by atoms with E-state index >= 15 is 0 Å². The van der Waals surface area contributed by atoms with Gasteiger partial charge in [-0.15, -0.1) is 11.3 Å². The number of hydrogen-bond acceptors (Lipinski definition) is 4. The Labute approximate surface area is 117 Å². The molecule has 0 fully saturated rings. The summed E-state index contributed by atoms with van der Waals surface area (Å²) in [4.78, 5) is 2.39. The van der Waals surface area contributed by atoms with Crippen LogP contribution in [0.1, 0.15) is 4.88 Å². The molecule has 0 amide bonds. The first-order valence-electron chi connectivity index (χ1n) is 5.90. The molecule has 102 valence electrons. The summed E-state index contributed by atoms with van der Waals surface area (Å²) in [5, 5.41) is 8.00. The number of nitrogens with two attached hydrogens (primary N) is 1. The first kappa shape index (κ1) is 14.2. The van der Waals surface area contributed by atoms with Gasteiger partial charge < -0.3 is 5.32 Å². The van der Waals surface area contributed by atoms with E-state index in [2.05, 4.69) is 29.6 Å². The lowest BCUT2D eigenvalue weighted by Crippen LogP contribution is -2.26. The zero-order chi connectivity index (χ0) is 13.7. The third kappa shape index (κ3) is 4.76. The molecule has 0 atom stereocenters. The van der Waals surface area contributed by atoms with E-state index in [1.54, 1.807) is 11.3 Å². The molecule has 0 saturated carbocycles. The first-order valence-corrected chi connectivity index (χ1v) is 8.43. The maximum absolute atomic E-state index is 10.8. The fraction of sp³-hybridized carbons (Fsp3) is 0.231. The van der Waals surface area contributed by atoms with Crippen molar-refractivity contribution in [2.75, 3.05) is 12.3 Å². The Morgan fingerprint density at radius 2 is 1.84 bits per heavy atom. The lowest BCUT2D eigenvalue weighted by Gasteiger charge is -2.01. The van der Waals surface area contributed by atoms with Gasteiger partial charge in [0.25, 0.3) is 0 Å². The van der Waals surface area contributed by atoms with Gasteiger partial charge in [0.1, 0.15) is 0 Å². The monoisotopic (exact) mass is 296 g/mol. The lowest BCUT2D eigenvalue weighted by atomic mass is 10.2. The van der Waals surface area contributed by atoms with Crippen LogP contribution < -0.4 is 10.5 Å². The van der Waals surface area contributed by atoms with Crippen molar-refractivity contribution in [3.63, 3.8) is 0 Å². The van der Waals surface area contributed by atoms with Crippen LogP contribution in [0, 0.1) is 0 Å². The maximum atomic E-state index is 10.8. The average Bonchev–Trinajstić information content (AvgIpc) is 2.83. The number of nitrogens with one attached hydrogen (secondary N) is 1. The fourth-order valence-electron chi connectivity index (χ4n) is 1.66. The Hall–Kier alpha value is -1.21. The van der Waals surface area contributed by atoms with Gasteiger partial charge in [0.2, 0.25) is 10.0 Å². The van der Waals surface area contributed by atoms with Crippen molar-refractivity contribution in [3.8, 4) is 10.4 Å². The topological polar surface area (TPSA) is 72.2 Å². The van der Waals surface area contributed by atoms with Gasteiger partial charge in [-0.1, -0.05) is 30.3 Å². The predicted molar refractivity (Wildman–Crippen MR) is 79.4 cm³/mol. The van der Waals surface area contributed by atoms with Crippen LogP contribution in [0.2, 0.25) is 0 Å². The van der Waals surface area contributed by atoms with E-state index in [0.29, 0.717) is 13.1 Å². The highest BCUT2D eigenvalue weighted by Crippen LogP contribution is 2.27. The van der Waals surface area contributed by atoms with Crippen LogP contribution in [-0.4, -0.2) is 20.7 Å². The van der Waals surface area contributed by atoms with Gasteiger partial charge in [0.15, 0.2) is 0 Å². The molecule has 6 heteroatoms. The maximum Gasteiger partial charge on any atom is 0.210 e. The van der Waals surface area contributed by atoms with Crippen molar-refractivity contribution in [3.05, 3.63) is 47.3 Å². The van der Waals surface area contributed by atoms with Crippen LogP contribution in [-0.2, 0) is 16.6 Å². The summed E-state index contributed by atoms with van der Waals surface area (Å²) in [6.07, 6.45) is 0. The summed E-state index contributed by atoms with van der Waals surface area (Å²) < 4.78 is 21.5.